The fraction of sp³-hybridized carbons (Fsp3) is 0.481. The fourth-order valence-electron chi connectivity index (χ4n) is 5.68. The van der Waals surface area contributed by atoms with Gasteiger partial charge < -0.3 is 24.8 Å². The van der Waals surface area contributed by atoms with Crippen LogP contribution in [0.1, 0.15) is 36.1 Å². The predicted molar refractivity (Wildman–Crippen MR) is 140 cm³/mol. The minimum Gasteiger partial charge on any atom is -0.374 e. The largest absolute Gasteiger partial charge is 0.374 e. The topological polar surface area (TPSA) is 93.4 Å². The zero-order valence-electron chi connectivity index (χ0n) is 21.3. The molecule has 0 radical (unpaired) electrons. The molecule has 3 aliphatic rings. The van der Waals surface area contributed by atoms with Gasteiger partial charge in [0.15, 0.2) is 11.6 Å². The zero-order valence-corrected chi connectivity index (χ0v) is 21.3. The van der Waals surface area contributed by atoms with Crippen molar-refractivity contribution >= 4 is 28.2 Å². The molecule has 0 unspecified atom stereocenters. The number of likely N-dealkylation sites (N-methyl/N-ethyl adjacent to an activating group) is 1. The highest BCUT2D eigenvalue weighted by Gasteiger charge is 2.40. The van der Waals surface area contributed by atoms with Crippen LogP contribution in [-0.2, 0) is 4.74 Å². The highest BCUT2D eigenvalue weighted by molar-refractivity contribution is 5.99. The van der Waals surface area contributed by atoms with Gasteiger partial charge in [-0.05, 0) is 57.6 Å². The molecule has 3 aliphatic heterocycles. The number of aromatic nitrogens is 3. The van der Waals surface area contributed by atoms with E-state index in [4.69, 9.17) is 9.72 Å². The molecular weight excluding hydrogens is 452 g/mol. The van der Waals surface area contributed by atoms with Crippen LogP contribution in [-0.4, -0.2) is 78.6 Å². The lowest BCUT2D eigenvalue weighted by Crippen LogP contribution is -2.57. The standard InChI is InChI=1S/C27H32N8O/c1-16-18(10-28)6-5-7-22(16)17(2)30-26-23-9-25(35-14-21-8-19(35)15-36-21)29-11-24(23)27(32-31-26)34-12-20(13-34)33(3)4/h5-7,9,11,17,19-21H,8,12-15H2,1-4H3,(H,30,31)/t17-,19-,21-/m1/s1. The molecule has 186 valence electrons. The van der Waals surface area contributed by atoms with Gasteiger partial charge in [0.25, 0.3) is 0 Å². The summed E-state index contributed by atoms with van der Waals surface area (Å²) in [5.41, 5.74) is 2.76. The maximum absolute atomic E-state index is 9.48. The van der Waals surface area contributed by atoms with Crippen molar-refractivity contribution in [3.05, 3.63) is 47.2 Å². The minimum atomic E-state index is -0.0448. The van der Waals surface area contributed by atoms with Crippen molar-refractivity contribution in [2.75, 3.05) is 55.5 Å². The van der Waals surface area contributed by atoms with Crippen LogP contribution in [0.5, 0.6) is 0 Å². The van der Waals surface area contributed by atoms with Crippen molar-refractivity contribution in [2.45, 2.75) is 44.5 Å². The first-order chi connectivity index (χ1) is 17.4. The first kappa shape index (κ1) is 23.0. The van der Waals surface area contributed by atoms with E-state index in [1.807, 2.05) is 25.3 Å². The van der Waals surface area contributed by atoms with Crippen molar-refractivity contribution in [1.29, 1.82) is 5.26 Å². The van der Waals surface area contributed by atoms with Gasteiger partial charge in [-0.3, -0.25) is 0 Å². The molecule has 9 nitrogen and oxygen atoms in total. The number of hydrogen-bond donors (Lipinski definition) is 1. The molecule has 5 heterocycles. The Morgan fingerprint density at radius 2 is 2.03 bits per heavy atom. The summed E-state index contributed by atoms with van der Waals surface area (Å²) in [5, 5.41) is 24.4. The highest BCUT2D eigenvalue weighted by atomic mass is 16.5. The second-order valence-electron chi connectivity index (χ2n) is 10.5. The molecule has 1 aromatic carbocycles. The van der Waals surface area contributed by atoms with Crippen LogP contribution in [0.25, 0.3) is 10.8 Å². The van der Waals surface area contributed by atoms with Gasteiger partial charge in [-0.25, -0.2) is 4.98 Å². The lowest BCUT2D eigenvalue weighted by molar-refractivity contribution is 0.0989. The number of anilines is 3. The van der Waals surface area contributed by atoms with Crippen molar-refractivity contribution < 1.29 is 4.74 Å². The summed E-state index contributed by atoms with van der Waals surface area (Å²) in [6, 6.07) is 11.2. The number of benzene rings is 1. The molecule has 2 aromatic heterocycles. The second kappa shape index (κ2) is 8.87. The monoisotopic (exact) mass is 484 g/mol. The average Bonchev–Trinajstić information content (AvgIpc) is 3.48. The van der Waals surface area contributed by atoms with Crippen LogP contribution >= 0.6 is 0 Å². The number of nitriles is 1. The Morgan fingerprint density at radius 1 is 1.19 bits per heavy atom. The van der Waals surface area contributed by atoms with Gasteiger partial charge >= 0.3 is 0 Å². The lowest BCUT2D eigenvalue weighted by Gasteiger charge is -2.43. The van der Waals surface area contributed by atoms with E-state index >= 15 is 0 Å². The second-order valence-corrected chi connectivity index (χ2v) is 10.5. The summed E-state index contributed by atoms with van der Waals surface area (Å²) in [6.07, 6.45) is 3.33. The molecule has 3 fully saturated rings. The molecule has 6 rings (SSSR count). The Balaban J connectivity index is 1.38. The van der Waals surface area contributed by atoms with E-state index in [0.717, 1.165) is 72.0 Å². The Labute approximate surface area is 211 Å². The molecular formula is C27H32N8O. The summed E-state index contributed by atoms with van der Waals surface area (Å²) in [7, 11) is 4.23. The van der Waals surface area contributed by atoms with Gasteiger partial charge in [0.1, 0.15) is 5.82 Å². The Hall–Kier alpha value is -3.48. The summed E-state index contributed by atoms with van der Waals surface area (Å²) in [4.78, 5) is 11.8. The predicted octanol–water partition coefficient (Wildman–Crippen LogP) is 3.11. The average molecular weight is 485 g/mol. The lowest BCUT2D eigenvalue weighted by atomic mass is 9.98. The van der Waals surface area contributed by atoms with Crippen molar-refractivity contribution in [3.63, 3.8) is 0 Å². The van der Waals surface area contributed by atoms with Gasteiger partial charge in [-0.15, -0.1) is 10.2 Å². The number of nitrogens with one attached hydrogen (secondary N) is 1. The van der Waals surface area contributed by atoms with Gasteiger partial charge in [0, 0.05) is 42.6 Å². The summed E-state index contributed by atoms with van der Waals surface area (Å²) in [6.45, 7) is 7.59. The van der Waals surface area contributed by atoms with Gasteiger partial charge in [0.05, 0.1) is 36.4 Å². The zero-order chi connectivity index (χ0) is 25.0. The van der Waals surface area contributed by atoms with Crippen LogP contribution < -0.4 is 15.1 Å². The normalized spacial score (nSPS) is 22.2. The number of pyridine rings is 1. The van der Waals surface area contributed by atoms with Crippen molar-refractivity contribution in [1.82, 2.24) is 20.1 Å². The van der Waals surface area contributed by atoms with E-state index in [1.165, 1.54) is 0 Å². The molecule has 3 atom stereocenters. The van der Waals surface area contributed by atoms with Crippen LogP contribution in [0.4, 0.5) is 17.5 Å². The molecule has 0 amide bonds. The quantitative estimate of drug-likeness (QED) is 0.566. The molecule has 1 N–H and O–H groups in total. The number of nitrogens with zero attached hydrogens (tertiary/aromatic N) is 7. The molecule has 0 saturated carbocycles. The van der Waals surface area contributed by atoms with E-state index in [-0.39, 0.29) is 6.04 Å². The first-order valence-corrected chi connectivity index (χ1v) is 12.6. The molecule has 3 saturated heterocycles. The minimum absolute atomic E-state index is 0.0448. The van der Waals surface area contributed by atoms with Crippen LogP contribution in [0.3, 0.4) is 0 Å². The smallest absolute Gasteiger partial charge is 0.161 e. The third kappa shape index (κ3) is 3.81. The van der Waals surface area contributed by atoms with E-state index in [1.54, 1.807) is 0 Å². The molecule has 2 bridgehead atoms. The fourth-order valence-corrected chi connectivity index (χ4v) is 5.68. The van der Waals surface area contributed by atoms with E-state index in [0.29, 0.717) is 23.8 Å². The van der Waals surface area contributed by atoms with E-state index in [9.17, 15) is 5.26 Å². The van der Waals surface area contributed by atoms with E-state index < -0.39 is 0 Å². The number of fused-ring (bicyclic) bond motifs is 3. The van der Waals surface area contributed by atoms with E-state index in [2.05, 4.69) is 69.4 Å². The van der Waals surface area contributed by atoms with Gasteiger partial charge in [-0.2, -0.15) is 5.26 Å². The molecule has 9 heteroatoms. The SMILES string of the molecule is Cc1c(C#N)cccc1[C@@H](C)Nc1nnc(N2CC(N(C)C)C2)c2cnc(N3C[C@H]4C[C@@H]3CO4)cc12. The van der Waals surface area contributed by atoms with Gasteiger partial charge in [0.2, 0.25) is 0 Å². The third-order valence-electron chi connectivity index (χ3n) is 8.03. The number of hydrogen-bond acceptors (Lipinski definition) is 9. The molecule has 36 heavy (non-hydrogen) atoms. The Bertz CT molecular complexity index is 1350. The number of rotatable bonds is 6. The van der Waals surface area contributed by atoms with Crippen molar-refractivity contribution in [3.8, 4) is 6.07 Å². The third-order valence-corrected chi connectivity index (χ3v) is 8.03. The molecule has 0 aliphatic carbocycles. The van der Waals surface area contributed by atoms with Gasteiger partial charge in [-0.1, -0.05) is 12.1 Å². The maximum atomic E-state index is 9.48. The Kier molecular flexibility index (Phi) is 5.66. The summed E-state index contributed by atoms with van der Waals surface area (Å²) >= 11 is 0. The number of ether oxygens (including phenoxy) is 1. The maximum Gasteiger partial charge on any atom is 0.161 e. The molecule has 3 aromatic rings. The first-order valence-electron chi connectivity index (χ1n) is 12.6. The van der Waals surface area contributed by atoms with Crippen LogP contribution in [0.15, 0.2) is 30.5 Å². The highest BCUT2D eigenvalue weighted by Crippen LogP contribution is 2.37. The Morgan fingerprint density at radius 3 is 2.72 bits per heavy atom. The molecule has 0 spiro atoms. The summed E-state index contributed by atoms with van der Waals surface area (Å²) < 4.78 is 5.81. The summed E-state index contributed by atoms with van der Waals surface area (Å²) in [5.74, 6) is 2.58. The number of morpholine rings is 1. The van der Waals surface area contributed by atoms with Crippen LogP contribution in [0, 0.1) is 18.3 Å². The van der Waals surface area contributed by atoms with Crippen molar-refractivity contribution in [2.24, 2.45) is 0 Å². The van der Waals surface area contributed by atoms with Crippen LogP contribution in [0.2, 0.25) is 0 Å².